The van der Waals surface area contributed by atoms with Crippen molar-refractivity contribution in [2.75, 3.05) is 46.1 Å². The van der Waals surface area contributed by atoms with Crippen LogP contribution in [-0.2, 0) is 11.3 Å². The van der Waals surface area contributed by atoms with Gasteiger partial charge in [0.15, 0.2) is 5.76 Å². The number of hydrogen-bond acceptors (Lipinski definition) is 7. The second kappa shape index (κ2) is 8.51. The molecule has 5 rings (SSSR count). The third kappa shape index (κ3) is 3.90. The molecule has 158 valence electrons. The average Bonchev–Trinajstić information content (AvgIpc) is 3.38. The third-order valence-electron chi connectivity index (χ3n) is 5.87. The quantitative estimate of drug-likeness (QED) is 0.682. The van der Waals surface area contributed by atoms with E-state index in [0.29, 0.717) is 23.8 Å². The summed E-state index contributed by atoms with van der Waals surface area (Å²) >= 11 is 1.59. The molecule has 0 amide bonds. The van der Waals surface area contributed by atoms with Gasteiger partial charge in [-0.25, -0.2) is 0 Å². The number of Topliss-reactive ketones (excluding diaryl/α,β-unsaturated/α-hetero) is 1. The number of hydrogen-bond donors (Lipinski definition) is 0. The number of nitrogens with zero attached hydrogens (tertiary/aromatic N) is 2. The van der Waals surface area contributed by atoms with Crippen LogP contribution in [0.5, 0.6) is 11.5 Å². The zero-order valence-electron chi connectivity index (χ0n) is 17.2. The number of morpholine rings is 1. The zero-order chi connectivity index (χ0) is 20.5. The van der Waals surface area contributed by atoms with Crippen LogP contribution >= 0.6 is 11.3 Å². The fourth-order valence-electron chi connectivity index (χ4n) is 4.29. The van der Waals surface area contributed by atoms with Crippen molar-refractivity contribution in [2.24, 2.45) is 0 Å². The number of benzene rings is 1. The predicted molar refractivity (Wildman–Crippen MR) is 116 cm³/mol. The predicted octanol–water partition coefficient (Wildman–Crippen LogP) is 3.55. The van der Waals surface area contributed by atoms with Gasteiger partial charge in [0, 0.05) is 48.3 Å². The number of carbonyl (C=O) groups excluding carboxylic acids is 1. The molecule has 1 fully saturated rings. The molecule has 2 aromatic rings. The van der Waals surface area contributed by atoms with Crippen molar-refractivity contribution in [1.82, 2.24) is 9.80 Å². The molecule has 7 heteroatoms. The van der Waals surface area contributed by atoms with E-state index in [1.54, 1.807) is 11.3 Å². The van der Waals surface area contributed by atoms with E-state index in [1.807, 2.05) is 36.6 Å². The first-order chi connectivity index (χ1) is 14.7. The lowest BCUT2D eigenvalue weighted by Crippen LogP contribution is -2.39. The lowest BCUT2D eigenvalue weighted by molar-refractivity contribution is 0.0329. The van der Waals surface area contributed by atoms with Crippen LogP contribution in [0.4, 0.5) is 0 Å². The molecule has 0 bridgehead atoms. The SMILES string of the molecule is Cc1c2c(cc3c1O/C(=C/c1cccs1)C3=O)CN(CCCN1CCOCC1)CO2. The van der Waals surface area contributed by atoms with Crippen molar-refractivity contribution in [1.29, 1.82) is 0 Å². The van der Waals surface area contributed by atoms with E-state index in [4.69, 9.17) is 14.2 Å². The van der Waals surface area contributed by atoms with Gasteiger partial charge in [-0.2, -0.15) is 0 Å². The fourth-order valence-corrected chi connectivity index (χ4v) is 4.93. The maximum atomic E-state index is 12.9. The molecule has 1 aromatic carbocycles. The van der Waals surface area contributed by atoms with Crippen LogP contribution in [-0.4, -0.2) is 61.7 Å². The Morgan fingerprint density at radius 2 is 2.00 bits per heavy atom. The lowest BCUT2D eigenvalue weighted by Gasteiger charge is -2.31. The molecule has 1 aromatic heterocycles. The van der Waals surface area contributed by atoms with Gasteiger partial charge in [-0.1, -0.05) is 6.07 Å². The largest absolute Gasteiger partial charge is 0.477 e. The van der Waals surface area contributed by atoms with Crippen molar-refractivity contribution < 1.29 is 19.0 Å². The molecule has 0 atom stereocenters. The number of ketones is 1. The highest BCUT2D eigenvalue weighted by atomic mass is 32.1. The van der Waals surface area contributed by atoms with Crippen molar-refractivity contribution in [3.05, 3.63) is 50.9 Å². The summed E-state index contributed by atoms with van der Waals surface area (Å²) in [7, 11) is 0. The van der Waals surface area contributed by atoms with Gasteiger partial charge in [-0.15, -0.1) is 11.3 Å². The summed E-state index contributed by atoms with van der Waals surface area (Å²) in [6.45, 7) is 9.12. The van der Waals surface area contributed by atoms with Crippen molar-refractivity contribution in [3.8, 4) is 11.5 Å². The molecule has 4 heterocycles. The molecule has 1 saturated heterocycles. The van der Waals surface area contributed by atoms with Gasteiger partial charge in [0.2, 0.25) is 5.78 Å². The van der Waals surface area contributed by atoms with E-state index < -0.39 is 0 Å². The van der Waals surface area contributed by atoms with E-state index >= 15 is 0 Å². The summed E-state index contributed by atoms with van der Waals surface area (Å²) in [6.07, 6.45) is 2.92. The highest BCUT2D eigenvalue weighted by Crippen LogP contribution is 2.43. The Morgan fingerprint density at radius 3 is 2.80 bits per heavy atom. The maximum Gasteiger partial charge on any atom is 0.232 e. The summed E-state index contributed by atoms with van der Waals surface area (Å²) in [5.41, 5.74) is 2.63. The summed E-state index contributed by atoms with van der Waals surface area (Å²) in [6, 6.07) is 5.91. The van der Waals surface area contributed by atoms with Crippen molar-refractivity contribution in [3.63, 3.8) is 0 Å². The van der Waals surface area contributed by atoms with E-state index in [1.165, 1.54) is 0 Å². The van der Waals surface area contributed by atoms with Crippen LogP contribution in [0.3, 0.4) is 0 Å². The summed E-state index contributed by atoms with van der Waals surface area (Å²) in [4.78, 5) is 18.7. The van der Waals surface area contributed by atoms with E-state index in [-0.39, 0.29) is 5.78 Å². The minimum Gasteiger partial charge on any atom is -0.477 e. The van der Waals surface area contributed by atoms with E-state index in [9.17, 15) is 4.79 Å². The highest BCUT2D eigenvalue weighted by molar-refractivity contribution is 7.10. The Bertz CT molecular complexity index is 964. The summed E-state index contributed by atoms with van der Waals surface area (Å²) in [5.74, 6) is 1.85. The Morgan fingerprint density at radius 1 is 1.17 bits per heavy atom. The Labute approximate surface area is 180 Å². The van der Waals surface area contributed by atoms with Crippen LogP contribution in [0.15, 0.2) is 29.3 Å². The smallest absolute Gasteiger partial charge is 0.232 e. The van der Waals surface area contributed by atoms with Gasteiger partial charge in [0.25, 0.3) is 0 Å². The van der Waals surface area contributed by atoms with Gasteiger partial charge in [-0.3, -0.25) is 14.6 Å². The average molecular weight is 427 g/mol. The lowest BCUT2D eigenvalue weighted by atomic mass is 10.00. The number of thiophene rings is 1. The number of rotatable bonds is 5. The topological polar surface area (TPSA) is 51.2 Å². The van der Waals surface area contributed by atoms with Gasteiger partial charge in [0.1, 0.15) is 18.2 Å². The van der Waals surface area contributed by atoms with Crippen LogP contribution < -0.4 is 9.47 Å². The summed E-state index contributed by atoms with van der Waals surface area (Å²) in [5, 5.41) is 1.99. The molecule has 0 N–H and O–H groups in total. The van der Waals surface area contributed by atoms with Crippen LogP contribution in [0.2, 0.25) is 0 Å². The number of ether oxygens (including phenoxy) is 3. The molecule has 0 radical (unpaired) electrons. The first-order valence-electron chi connectivity index (χ1n) is 10.5. The van der Waals surface area contributed by atoms with Crippen LogP contribution in [0.1, 0.15) is 32.8 Å². The molecular weight excluding hydrogens is 400 g/mol. The van der Waals surface area contributed by atoms with Gasteiger partial charge >= 0.3 is 0 Å². The second-order valence-corrected chi connectivity index (χ2v) is 8.93. The molecule has 0 unspecified atom stereocenters. The molecule has 0 aliphatic carbocycles. The highest BCUT2D eigenvalue weighted by Gasteiger charge is 2.33. The fraction of sp³-hybridized carbons (Fsp3) is 0.435. The molecule has 3 aliphatic heterocycles. The zero-order valence-corrected chi connectivity index (χ0v) is 18.0. The van der Waals surface area contributed by atoms with Gasteiger partial charge < -0.3 is 14.2 Å². The Hall–Kier alpha value is -2.19. The molecule has 0 spiro atoms. The minimum atomic E-state index is -0.0475. The van der Waals surface area contributed by atoms with E-state index in [2.05, 4.69) is 9.80 Å². The van der Waals surface area contributed by atoms with Crippen molar-refractivity contribution >= 4 is 23.2 Å². The molecular formula is C23H26N2O4S. The van der Waals surface area contributed by atoms with Crippen LogP contribution in [0.25, 0.3) is 6.08 Å². The maximum absolute atomic E-state index is 12.9. The molecule has 6 nitrogen and oxygen atoms in total. The number of allylic oxidation sites excluding steroid dienone is 1. The first-order valence-corrected chi connectivity index (χ1v) is 11.4. The van der Waals surface area contributed by atoms with Gasteiger partial charge in [0.05, 0.1) is 18.8 Å². The summed E-state index contributed by atoms with van der Waals surface area (Å²) < 4.78 is 17.5. The second-order valence-electron chi connectivity index (χ2n) is 7.96. The third-order valence-corrected chi connectivity index (χ3v) is 6.69. The van der Waals surface area contributed by atoms with Crippen molar-refractivity contribution in [2.45, 2.75) is 19.9 Å². The monoisotopic (exact) mass is 426 g/mol. The normalized spacial score (nSPS) is 20.7. The molecule has 0 saturated carbocycles. The van der Waals surface area contributed by atoms with E-state index in [0.717, 1.165) is 74.1 Å². The number of carbonyl (C=O) groups is 1. The molecule has 3 aliphatic rings. The number of fused-ring (bicyclic) bond motifs is 2. The minimum absolute atomic E-state index is 0.0475. The molecule has 30 heavy (non-hydrogen) atoms. The standard InChI is InChI=1S/C23H26N2O4S/c1-16-22-17(14-25(15-28-22)6-3-5-24-7-9-27-10-8-24)12-19-21(26)20(29-23(16)19)13-18-4-2-11-30-18/h2,4,11-13H,3,5-10,14-15H2,1H3/b20-13+. The Kier molecular flexibility index (Phi) is 5.60. The first kappa shape index (κ1) is 19.8. The Balaban J connectivity index is 1.28. The van der Waals surface area contributed by atoms with Gasteiger partial charge in [-0.05, 0) is 37.4 Å². The van der Waals surface area contributed by atoms with Crippen LogP contribution in [0, 0.1) is 6.92 Å².